The number of hydrogen-bond acceptors (Lipinski definition) is 3. The van der Waals surface area contributed by atoms with Crippen LogP contribution in [0.3, 0.4) is 0 Å². The summed E-state index contributed by atoms with van der Waals surface area (Å²) >= 11 is 0. The number of aliphatic hydroxyl groups excluding tert-OH is 1. The van der Waals surface area contributed by atoms with Crippen LogP contribution in [0.2, 0.25) is 0 Å². The highest BCUT2D eigenvalue weighted by atomic mass is 32.2. The average Bonchev–Trinajstić information content (AvgIpc) is 2.75. The van der Waals surface area contributed by atoms with E-state index in [1.165, 1.54) is 6.07 Å². The molecule has 2 unspecified atom stereocenters. The SMILES string of the molecule is O=S(=O)(c1ccccc1C(F)(F)F)C1CCC(O)C1. The van der Waals surface area contributed by atoms with Gasteiger partial charge in [-0.15, -0.1) is 0 Å². The number of halogens is 3. The van der Waals surface area contributed by atoms with Gasteiger partial charge in [-0.25, -0.2) is 8.42 Å². The maximum atomic E-state index is 12.8. The highest BCUT2D eigenvalue weighted by Gasteiger charge is 2.41. The molecule has 1 aromatic rings. The van der Waals surface area contributed by atoms with Gasteiger partial charge >= 0.3 is 6.18 Å². The third-order valence-electron chi connectivity index (χ3n) is 3.29. The minimum Gasteiger partial charge on any atom is -0.393 e. The number of hydrogen-bond donors (Lipinski definition) is 1. The summed E-state index contributed by atoms with van der Waals surface area (Å²) in [6, 6.07) is 4.17. The normalized spacial score (nSPS) is 24.6. The molecule has 1 aromatic carbocycles. The van der Waals surface area contributed by atoms with Gasteiger partial charge < -0.3 is 5.11 Å². The molecule has 19 heavy (non-hydrogen) atoms. The van der Waals surface area contributed by atoms with Crippen LogP contribution >= 0.6 is 0 Å². The molecule has 1 saturated carbocycles. The van der Waals surface area contributed by atoms with E-state index >= 15 is 0 Å². The van der Waals surface area contributed by atoms with Gasteiger partial charge in [-0.05, 0) is 31.4 Å². The molecule has 1 aliphatic rings. The van der Waals surface area contributed by atoms with Crippen molar-refractivity contribution in [3.05, 3.63) is 29.8 Å². The molecule has 2 rings (SSSR count). The Hall–Kier alpha value is -1.08. The molecule has 3 nitrogen and oxygen atoms in total. The van der Waals surface area contributed by atoms with Gasteiger partial charge in [0, 0.05) is 0 Å². The molecular formula is C12H13F3O3S. The van der Waals surface area contributed by atoms with Gasteiger partial charge in [-0.3, -0.25) is 0 Å². The number of rotatable bonds is 2. The zero-order chi connectivity index (χ0) is 14.3. The van der Waals surface area contributed by atoms with Crippen LogP contribution in [0.15, 0.2) is 29.2 Å². The van der Waals surface area contributed by atoms with Gasteiger partial charge in [0.2, 0.25) is 0 Å². The Morgan fingerprint density at radius 3 is 2.32 bits per heavy atom. The third kappa shape index (κ3) is 2.76. The largest absolute Gasteiger partial charge is 0.417 e. The van der Waals surface area contributed by atoms with Crippen LogP contribution in [0, 0.1) is 0 Å². The number of alkyl halides is 3. The molecule has 7 heteroatoms. The lowest BCUT2D eigenvalue weighted by Gasteiger charge is -2.16. The molecule has 1 aliphatic carbocycles. The molecule has 0 aliphatic heterocycles. The van der Waals surface area contributed by atoms with Gasteiger partial charge in [0.05, 0.1) is 21.8 Å². The van der Waals surface area contributed by atoms with Crippen LogP contribution in [0.1, 0.15) is 24.8 Å². The van der Waals surface area contributed by atoms with E-state index in [1.54, 1.807) is 0 Å². The Morgan fingerprint density at radius 1 is 1.16 bits per heavy atom. The first-order valence-corrected chi connectivity index (χ1v) is 7.35. The Morgan fingerprint density at radius 2 is 1.79 bits per heavy atom. The van der Waals surface area contributed by atoms with Crippen LogP contribution in [-0.2, 0) is 16.0 Å². The van der Waals surface area contributed by atoms with E-state index in [0.717, 1.165) is 18.2 Å². The summed E-state index contributed by atoms with van der Waals surface area (Å²) in [4.78, 5) is -0.693. The van der Waals surface area contributed by atoms with Gasteiger partial charge in [-0.2, -0.15) is 13.2 Å². The van der Waals surface area contributed by atoms with Crippen molar-refractivity contribution in [2.75, 3.05) is 0 Å². The lowest BCUT2D eigenvalue weighted by Crippen LogP contribution is -2.22. The molecule has 1 N–H and O–H groups in total. The molecule has 0 radical (unpaired) electrons. The summed E-state index contributed by atoms with van der Waals surface area (Å²) in [7, 11) is -4.07. The van der Waals surface area contributed by atoms with E-state index in [-0.39, 0.29) is 12.8 Å². The van der Waals surface area contributed by atoms with Crippen LogP contribution in [0.4, 0.5) is 13.2 Å². The van der Waals surface area contributed by atoms with Crippen LogP contribution in [0.25, 0.3) is 0 Å². The lowest BCUT2D eigenvalue weighted by atomic mass is 10.2. The topological polar surface area (TPSA) is 54.4 Å². The quantitative estimate of drug-likeness (QED) is 0.911. The zero-order valence-electron chi connectivity index (χ0n) is 9.89. The van der Waals surface area contributed by atoms with Gasteiger partial charge in [0.15, 0.2) is 9.84 Å². The second kappa shape index (κ2) is 4.79. The Balaban J connectivity index is 2.47. The minimum absolute atomic E-state index is 0.00543. The standard InChI is InChI=1S/C12H13F3O3S/c13-12(14,15)10-3-1-2-4-11(10)19(17,18)9-6-5-8(16)7-9/h1-4,8-9,16H,5-7H2. The first kappa shape index (κ1) is 14.3. The smallest absolute Gasteiger partial charge is 0.393 e. The van der Waals surface area contributed by atoms with Gasteiger partial charge in [-0.1, -0.05) is 12.1 Å². The fourth-order valence-corrected chi connectivity index (χ4v) is 4.37. The zero-order valence-corrected chi connectivity index (χ0v) is 10.7. The summed E-state index contributed by atoms with van der Waals surface area (Å²) in [5, 5.41) is 8.41. The predicted octanol–water partition coefficient (Wildman–Crippen LogP) is 2.39. The maximum absolute atomic E-state index is 12.8. The van der Waals surface area contributed by atoms with Gasteiger partial charge in [0.25, 0.3) is 0 Å². The number of aliphatic hydroxyl groups is 1. The fourth-order valence-electron chi connectivity index (χ4n) is 2.33. The molecule has 0 aromatic heterocycles. The van der Waals surface area contributed by atoms with Crippen molar-refractivity contribution in [3.8, 4) is 0 Å². The number of benzene rings is 1. The van der Waals surface area contributed by atoms with E-state index in [1.807, 2.05) is 0 Å². The molecule has 106 valence electrons. The van der Waals surface area contributed by atoms with Crippen molar-refractivity contribution < 1.29 is 26.7 Å². The third-order valence-corrected chi connectivity index (χ3v) is 5.57. The monoisotopic (exact) mass is 294 g/mol. The second-order valence-electron chi connectivity index (χ2n) is 4.63. The average molecular weight is 294 g/mol. The van der Waals surface area contributed by atoms with E-state index in [2.05, 4.69) is 0 Å². The maximum Gasteiger partial charge on any atom is 0.417 e. The van der Waals surface area contributed by atoms with Crippen molar-refractivity contribution in [1.29, 1.82) is 0 Å². The lowest BCUT2D eigenvalue weighted by molar-refractivity contribution is -0.139. The molecular weight excluding hydrogens is 281 g/mol. The molecule has 2 atom stereocenters. The van der Waals surface area contributed by atoms with Crippen LogP contribution in [-0.4, -0.2) is 24.9 Å². The Labute approximate surface area is 109 Å². The molecule has 1 fully saturated rings. The summed E-state index contributed by atoms with van der Waals surface area (Å²) in [5.41, 5.74) is -1.14. The summed E-state index contributed by atoms with van der Waals surface area (Å²) in [5.74, 6) is 0. The first-order chi connectivity index (χ1) is 8.73. The van der Waals surface area contributed by atoms with E-state index < -0.39 is 37.8 Å². The van der Waals surface area contributed by atoms with Crippen molar-refractivity contribution in [2.24, 2.45) is 0 Å². The van der Waals surface area contributed by atoms with E-state index in [4.69, 9.17) is 0 Å². The highest BCUT2D eigenvalue weighted by molar-refractivity contribution is 7.92. The predicted molar refractivity (Wildman–Crippen MR) is 62.3 cm³/mol. The van der Waals surface area contributed by atoms with Crippen molar-refractivity contribution in [2.45, 2.75) is 41.7 Å². The summed E-state index contributed by atoms with van der Waals surface area (Å²) < 4.78 is 63.0. The molecule has 0 bridgehead atoms. The van der Waals surface area contributed by atoms with Crippen LogP contribution in [0.5, 0.6) is 0 Å². The van der Waals surface area contributed by atoms with E-state index in [0.29, 0.717) is 6.42 Å². The molecule has 0 spiro atoms. The molecule has 0 saturated heterocycles. The second-order valence-corrected chi connectivity index (χ2v) is 6.82. The summed E-state index contributed by atoms with van der Waals surface area (Å²) in [6.07, 6.45) is -4.97. The Bertz CT molecular complexity index is 566. The fraction of sp³-hybridized carbons (Fsp3) is 0.500. The summed E-state index contributed by atoms with van der Waals surface area (Å²) in [6.45, 7) is 0. The number of sulfone groups is 1. The van der Waals surface area contributed by atoms with Crippen molar-refractivity contribution in [3.63, 3.8) is 0 Å². The van der Waals surface area contributed by atoms with Crippen molar-refractivity contribution >= 4 is 9.84 Å². The first-order valence-electron chi connectivity index (χ1n) is 5.81. The van der Waals surface area contributed by atoms with Gasteiger partial charge in [0.1, 0.15) is 0 Å². The van der Waals surface area contributed by atoms with E-state index in [9.17, 15) is 26.7 Å². The highest BCUT2D eigenvalue weighted by Crippen LogP contribution is 2.38. The Kier molecular flexibility index (Phi) is 3.61. The molecule has 0 heterocycles. The van der Waals surface area contributed by atoms with Crippen LogP contribution < -0.4 is 0 Å². The van der Waals surface area contributed by atoms with Crippen molar-refractivity contribution in [1.82, 2.24) is 0 Å². The molecule has 0 amide bonds. The minimum atomic E-state index is -4.71.